The Labute approximate surface area is 93.7 Å². The van der Waals surface area contributed by atoms with Gasteiger partial charge in [-0.15, -0.1) is 0 Å². The van der Waals surface area contributed by atoms with Gasteiger partial charge in [0, 0.05) is 12.1 Å². The van der Waals surface area contributed by atoms with Gasteiger partial charge in [-0.3, -0.25) is 0 Å². The van der Waals surface area contributed by atoms with Gasteiger partial charge in [0.15, 0.2) is 5.90 Å². The van der Waals surface area contributed by atoms with Crippen LogP contribution in [-0.4, -0.2) is 13.0 Å². The van der Waals surface area contributed by atoms with E-state index in [4.69, 9.17) is 4.74 Å². The number of rotatable bonds is 6. The molecule has 0 fully saturated rings. The lowest BCUT2D eigenvalue weighted by Crippen LogP contribution is -2.11. The van der Waals surface area contributed by atoms with Crippen molar-refractivity contribution >= 4 is 5.90 Å². The molecule has 0 bridgehead atoms. The van der Waals surface area contributed by atoms with E-state index < -0.39 is 0 Å². The summed E-state index contributed by atoms with van der Waals surface area (Å²) in [5.41, 5.74) is 1.16. The summed E-state index contributed by atoms with van der Waals surface area (Å²) in [5, 5.41) is 0. The minimum Gasteiger partial charge on any atom is -0.484 e. The van der Waals surface area contributed by atoms with Crippen molar-refractivity contribution in [1.29, 1.82) is 0 Å². The smallest absolute Gasteiger partial charge is 0.190 e. The van der Waals surface area contributed by atoms with Crippen molar-refractivity contribution in [2.45, 2.75) is 40.0 Å². The zero-order valence-electron chi connectivity index (χ0n) is 10.4. The number of ether oxygens (including phenoxy) is 1. The summed E-state index contributed by atoms with van der Waals surface area (Å²) in [6, 6.07) is 0. The van der Waals surface area contributed by atoms with Gasteiger partial charge in [0.1, 0.15) is 0 Å². The van der Waals surface area contributed by atoms with Gasteiger partial charge < -0.3 is 4.74 Å². The molecule has 0 heterocycles. The van der Waals surface area contributed by atoms with Crippen LogP contribution in [0.4, 0.5) is 0 Å². The molecule has 15 heavy (non-hydrogen) atoms. The van der Waals surface area contributed by atoms with Gasteiger partial charge >= 0.3 is 0 Å². The third-order valence-electron chi connectivity index (χ3n) is 2.40. The van der Waals surface area contributed by atoms with Gasteiger partial charge in [0.05, 0.1) is 7.11 Å². The maximum Gasteiger partial charge on any atom is 0.190 e. The van der Waals surface area contributed by atoms with Crippen molar-refractivity contribution in [3.63, 3.8) is 0 Å². The molecule has 0 saturated heterocycles. The second-order valence-corrected chi connectivity index (χ2v) is 3.64. The average molecular weight is 209 g/mol. The summed E-state index contributed by atoms with van der Waals surface area (Å²) < 4.78 is 5.25. The number of nitrogens with zero attached hydrogens (tertiary/aromatic N) is 1. The highest BCUT2D eigenvalue weighted by Gasteiger charge is 2.06. The average Bonchev–Trinajstić information content (AvgIpc) is 2.27. The van der Waals surface area contributed by atoms with Crippen LogP contribution in [0.15, 0.2) is 29.4 Å². The SMILES string of the molecule is C=C/C(=C\N=C(OC)C(C)CC)CCC. The second kappa shape index (κ2) is 8.27. The molecule has 1 atom stereocenters. The zero-order valence-corrected chi connectivity index (χ0v) is 10.4. The summed E-state index contributed by atoms with van der Waals surface area (Å²) in [4.78, 5) is 4.36. The van der Waals surface area contributed by atoms with Crippen LogP contribution in [0.3, 0.4) is 0 Å². The van der Waals surface area contributed by atoms with Crippen LogP contribution < -0.4 is 0 Å². The van der Waals surface area contributed by atoms with Crippen LogP contribution in [-0.2, 0) is 4.74 Å². The first kappa shape index (κ1) is 13.9. The maximum absolute atomic E-state index is 5.25. The Kier molecular flexibility index (Phi) is 7.69. The predicted molar refractivity (Wildman–Crippen MR) is 67.1 cm³/mol. The Hall–Kier alpha value is -1.05. The van der Waals surface area contributed by atoms with Crippen LogP contribution >= 0.6 is 0 Å². The number of methoxy groups -OCH3 is 1. The van der Waals surface area contributed by atoms with E-state index in [1.807, 2.05) is 12.3 Å². The van der Waals surface area contributed by atoms with Crippen LogP contribution in [0.2, 0.25) is 0 Å². The number of allylic oxidation sites excluding steroid dienone is 2. The van der Waals surface area contributed by atoms with E-state index in [1.165, 1.54) is 0 Å². The lowest BCUT2D eigenvalue weighted by atomic mass is 10.1. The lowest BCUT2D eigenvalue weighted by molar-refractivity contribution is 0.368. The molecular weight excluding hydrogens is 186 g/mol. The molecule has 0 spiro atoms. The second-order valence-electron chi connectivity index (χ2n) is 3.64. The first-order chi connectivity index (χ1) is 7.19. The molecule has 0 aliphatic carbocycles. The van der Waals surface area contributed by atoms with E-state index in [2.05, 4.69) is 32.3 Å². The van der Waals surface area contributed by atoms with Gasteiger partial charge in [-0.25, -0.2) is 4.99 Å². The minimum atomic E-state index is 0.374. The summed E-state index contributed by atoms with van der Waals surface area (Å²) >= 11 is 0. The fourth-order valence-corrected chi connectivity index (χ4v) is 1.21. The summed E-state index contributed by atoms with van der Waals surface area (Å²) in [6.45, 7) is 10.2. The van der Waals surface area contributed by atoms with Crippen LogP contribution in [0.25, 0.3) is 0 Å². The molecule has 0 rings (SSSR count). The Morgan fingerprint density at radius 1 is 1.47 bits per heavy atom. The zero-order chi connectivity index (χ0) is 11.7. The lowest BCUT2D eigenvalue weighted by Gasteiger charge is -2.09. The molecule has 0 aromatic rings. The van der Waals surface area contributed by atoms with Crippen LogP contribution in [0, 0.1) is 5.92 Å². The Morgan fingerprint density at radius 2 is 2.13 bits per heavy atom. The quantitative estimate of drug-likeness (QED) is 0.369. The highest BCUT2D eigenvalue weighted by molar-refractivity contribution is 5.78. The van der Waals surface area contributed by atoms with Crippen molar-refractivity contribution in [3.8, 4) is 0 Å². The van der Waals surface area contributed by atoms with E-state index in [-0.39, 0.29) is 0 Å². The third kappa shape index (κ3) is 5.40. The molecule has 0 aliphatic heterocycles. The molecule has 2 nitrogen and oxygen atoms in total. The van der Waals surface area contributed by atoms with E-state index in [1.54, 1.807) is 7.11 Å². The third-order valence-corrected chi connectivity index (χ3v) is 2.40. The summed E-state index contributed by atoms with van der Waals surface area (Å²) in [5.74, 6) is 1.17. The predicted octanol–water partition coefficient (Wildman–Crippen LogP) is 3.95. The van der Waals surface area contributed by atoms with Gasteiger partial charge in [-0.1, -0.05) is 39.8 Å². The van der Waals surface area contributed by atoms with Crippen LogP contribution in [0.1, 0.15) is 40.0 Å². The van der Waals surface area contributed by atoms with Gasteiger partial charge in [-0.2, -0.15) is 0 Å². The number of hydrogen-bond acceptors (Lipinski definition) is 2. The van der Waals surface area contributed by atoms with Crippen molar-refractivity contribution < 1.29 is 4.74 Å². The number of hydrogen-bond donors (Lipinski definition) is 0. The first-order valence-corrected chi connectivity index (χ1v) is 5.62. The monoisotopic (exact) mass is 209 g/mol. The van der Waals surface area contributed by atoms with Gasteiger partial charge in [0.25, 0.3) is 0 Å². The van der Waals surface area contributed by atoms with Crippen molar-refractivity contribution in [2.75, 3.05) is 7.11 Å². The van der Waals surface area contributed by atoms with E-state index in [0.29, 0.717) is 5.92 Å². The molecule has 2 heteroatoms. The van der Waals surface area contributed by atoms with Crippen LogP contribution in [0.5, 0.6) is 0 Å². The van der Waals surface area contributed by atoms with E-state index in [0.717, 1.165) is 30.7 Å². The molecular formula is C13H23NO. The molecule has 1 unspecified atom stereocenters. The first-order valence-electron chi connectivity index (χ1n) is 5.62. The summed E-state index contributed by atoms with van der Waals surface area (Å²) in [6.07, 6.45) is 6.89. The van der Waals surface area contributed by atoms with E-state index >= 15 is 0 Å². The molecule has 0 radical (unpaired) electrons. The highest BCUT2D eigenvalue weighted by atomic mass is 16.5. The normalized spacial score (nSPS) is 14.9. The Morgan fingerprint density at radius 3 is 2.53 bits per heavy atom. The summed E-state index contributed by atoms with van der Waals surface area (Å²) in [7, 11) is 1.67. The molecule has 0 amide bonds. The molecule has 0 aromatic heterocycles. The molecule has 86 valence electrons. The van der Waals surface area contributed by atoms with Crippen molar-refractivity contribution in [1.82, 2.24) is 0 Å². The largest absolute Gasteiger partial charge is 0.484 e. The van der Waals surface area contributed by atoms with Crippen molar-refractivity contribution in [2.24, 2.45) is 10.9 Å². The molecule has 0 aliphatic rings. The Balaban J connectivity index is 4.60. The van der Waals surface area contributed by atoms with Gasteiger partial charge in [0.2, 0.25) is 0 Å². The maximum atomic E-state index is 5.25. The molecule has 0 saturated carbocycles. The number of aliphatic imine (C=N–C) groups is 1. The molecule has 0 N–H and O–H groups in total. The fourth-order valence-electron chi connectivity index (χ4n) is 1.21. The fraction of sp³-hybridized carbons (Fsp3) is 0.615. The minimum absolute atomic E-state index is 0.374. The highest BCUT2D eigenvalue weighted by Crippen LogP contribution is 2.09. The van der Waals surface area contributed by atoms with Crippen molar-refractivity contribution in [3.05, 3.63) is 24.4 Å². The topological polar surface area (TPSA) is 21.6 Å². The Bertz CT molecular complexity index is 241. The van der Waals surface area contributed by atoms with Gasteiger partial charge in [-0.05, 0) is 18.4 Å². The molecule has 0 aromatic carbocycles. The van der Waals surface area contributed by atoms with E-state index in [9.17, 15) is 0 Å². The standard InChI is InChI=1S/C13H23NO/c1-6-9-12(8-3)10-14-13(15-5)11(4)7-2/h8,10-11H,3,6-7,9H2,1-2,4-5H3/b12-10+,14-13?.